The third-order valence-corrected chi connectivity index (χ3v) is 3.60. The lowest BCUT2D eigenvalue weighted by Gasteiger charge is -2.11. The molecule has 2 aromatic rings. The Kier molecular flexibility index (Phi) is 4.38. The van der Waals surface area contributed by atoms with Gasteiger partial charge >= 0.3 is 0 Å². The molecule has 0 amide bonds. The molecule has 0 aliphatic heterocycles. The van der Waals surface area contributed by atoms with Crippen molar-refractivity contribution in [3.8, 4) is 0 Å². The topological polar surface area (TPSA) is 0 Å². The van der Waals surface area contributed by atoms with Gasteiger partial charge in [-0.15, -0.1) is 11.6 Å². The Morgan fingerprint density at radius 2 is 1.83 bits per heavy atom. The first-order valence-electron chi connectivity index (χ1n) is 6.11. The lowest BCUT2D eigenvalue weighted by Crippen LogP contribution is -1.96. The van der Waals surface area contributed by atoms with Gasteiger partial charge in [0.15, 0.2) is 0 Å². The molecular weight excluding hydrogens is 247 g/mol. The first-order chi connectivity index (χ1) is 8.66. The largest absolute Gasteiger partial charge is 0.207 e. The van der Waals surface area contributed by atoms with Gasteiger partial charge in [0.25, 0.3) is 0 Å². The molecule has 0 saturated carbocycles. The molecule has 2 heteroatoms. The fourth-order valence-corrected chi connectivity index (χ4v) is 2.31. The van der Waals surface area contributed by atoms with E-state index in [1.54, 1.807) is 6.07 Å². The van der Waals surface area contributed by atoms with E-state index in [1.165, 1.54) is 6.07 Å². The van der Waals surface area contributed by atoms with Crippen LogP contribution < -0.4 is 0 Å². The molecule has 94 valence electrons. The minimum Gasteiger partial charge on any atom is -0.207 e. The average Bonchev–Trinajstić information content (AvgIpc) is 2.38. The molecule has 0 N–H and O–H groups in total. The number of alkyl halides is 1. The first kappa shape index (κ1) is 13.1. The molecule has 0 radical (unpaired) electrons. The van der Waals surface area contributed by atoms with Crippen LogP contribution in [0.2, 0.25) is 0 Å². The van der Waals surface area contributed by atoms with Gasteiger partial charge < -0.3 is 0 Å². The molecule has 2 rings (SSSR count). The van der Waals surface area contributed by atoms with Gasteiger partial charge in [0.05, 0.1) is 5.38 Å². The van der Waals surface area contributed by atoms with Crippen LogP contribution in [0.4, 0.5) is 4.39 Å². The Balaban J connectivity index is 1.99. The van der Waals surface area contributed by atoms with E-state index in [4.69, 9.17) is 11.6 Å². The van der Waals surface area contributed by atoms with Gasteiger partial charge in [-0.3, -0.25) is 0 Å². The summed E-state index contributed by atoms with van der Waals surface area (Å²) >= 11 is 6.37. The number of rotatable bonds is 4. The maximum Gasteiger partial charge on any atom is 0.123 e. The molecule has 0 saturated heterocycles. The smallest absolute Gasteiger partial charge is 0.123 e. The molecular formula is C16H16ClF. The lowest BCUT2D eigenvalue weighted by atomic mass is 10.0. The second kappa shape index (κ2) is 6.01. The summed E-state index contributed by atoms with van der Waals surface area (Å²) in [6.45, 7) is 1.93. The van der Waals surface area contributed by atoms with Gasteiger partial charge in [0, 0.05) is 0 Å². The van der Waals surface area contributed by atoms with E-state index in [9.17, 15) is 4.39 Å². The summed E-state index contributed by atoms with van der Waals surface area (Å²) in [7, 11) is 0. The molecule has 18 heavy (non-hydrogen) atoms. The van der Waals surface area contributed by atoms with Crippen LogP contribution in [0.5, 0.6) is 0 Å². The van der Waals surface area contributed by atoms with Crippen molar-refractivity contribution < 1.29 is 4.39 Å². The lowest BCUT2D eigenvalue weighted by molar-refractivity contribution is 0.625. The van der Waals surface area contributed by atoms with Crippen molar-refractivity contribution >= 4 is 11.6 Å². The highest BCUT2D eigenvalue weighted by Gasteiger charge is 2.08. The maximum absolute atomic E-state index is 13.0. The first-order valence-corrected chi connectivity index (χ1v) is 6.54. The molecule has 0 aromatic heterocycles. The van der Waals surface area contributed by atoms with Crippen molar-refractivity contribution in [2.45, 2.75) is 25.1 Å². The molecule has 0 spiro atoms. The summed E-state index contributed by atoms with van der Waals surface area (Å²) < 4.78 is 13.0. The van der Waals surface area contributed by atoms with Crippen molar-refractivity contribution in [3.05, 3.63) is 71.0 Å². The Morgan fingerprint density at radius 1 is 1.11 bits per heavy atom. The molecule has 0 heterocycles. The summed E-state index contributed by atoms with van der Waals surface area (Å²) in [5.41, 5.74) is 3.30. The van der Waals surface area contributed by atoms with Crippen molar-refractivity contribution in [1.29, 1.82) is 0 Å². The van der Waals surface area contributed by atoms with Gasteiger partial charge in [-0.1, -0.05) is 36.4 Å². The molecule has 2 aromatic carbocycles. The normalized spacial score (nSPS) is 12.4. The molecule has 0 fully saturated rings. The highest BCUT2D eigenvalue weighted by Crippen LogP contribution is 2.26. The average molecular weight is 263 g/mol. The van der Waals surface area contributed by atoms with E-state index in [1.807, 2.05) is 43.3 Å². The minimum absolute atomic E-state index is 0.00986. The van der Waals surface area contributed by atoms with Crippen molar-refractivity contribution in [3.63, 3.8) is 0 Å². The Bertz CT molecular complexity index is 508. The molecule has 0 aliphatic rings. The molecule has 1 atom stereocenters. The third-order valence-electron chi connectivity index (χ3n) is 3.13. The van der Waals surface area contributed by atoms with Crippen LogP contribution in [-0.2, 0) is 6.42 Å². The van der Waals surface area contributed by atoms with Crippen LogP contribution in [-0.4, -0.2) is 0 Å². The van der Waals surface area contributed by atoms with Gasteiger partial charge in [0.2, 0.25) is 0 Å². The molecule has 0 nitrogen and oxygen atoms in total. The summed E-state index contributed by atoms with van der Waals surface area (Å²) in [6, 6.07) is 15.0. The zero-order valence-electron chi connectivity index (χ0n) is 10.4. The fourth-order valence-electron chi connectivity index (χ4n) is 2.05. The fraction of sp³-hybridized carbons (Fsp3) is 0.250. The molecule has 0 aliphatic carbocycles. The van der Waals surface area contributed by atoms with Gasteiger partial charge in [-0.25, -0.2) is 4.39 Å². The number of aryl methyl sites for hydroxylation is 2. The predicted octanol–water partition coefficient (Wildman–Crippen LogP) is 5.05. The van der Waals surface area contributed by atoms with Crippen LogP contribution in [0, 0.1) is 12.7 Å². The van der Waals surface area contributed by atoms with Crippen molar-refractivity contribution in [2.24, 2.45) is 0 Å². The number of hydrogen-bond donors (Lipinski definition) is 0. The Morgan fingerprint density at radius 3 is 2.50 bits per heavy atom. The maximum atomic E-state index is 13.0. The number of halogens is 2. The second-order valence-corrected chi connectivity index (χ2v) is 5.01. The zero-order valence-corrected chi connectivity index (χ0v) is 11.1. The van der Waals surface area contributed by atoms with Crippen LogP contribution in [0.1, 0.15) is 28.5 Å². The minimum atomic E-state index is -0.179. The van der Waals surface area contributed by atoms with Crippen LogP contribution in [0.3, 0.4) is 0 Å². The molecule has 0 bridgehead atoms. The SMILES string of the molecule is Cc1cc(F)ccc1CCC(Cl)c1ccccc1. The highest BCUT2D eigenvalue weighted by atomic mass is 35.5. The monoisotopic (exact) mass is 262 g/mol. The third kappa shape index (κ3) is 3.33. The van der Waals surface area contributed by atoms with Crippen molar-refractivity contribution in [2.75, 3.05) is 0 Å². The van der Waals surface area contributed by atoms with E-state index >= 15 is 0 Å². The van der Waals surface area contributed by atoms with Crippen molar-refractivity contribution in [1.82, 2.24) is 0 Å². The summed E-state index contributed by atoms with van der Waals surface area (Å²) in [6.07, 6.45) is 1.73. The quantitative estimate of drug-likeness (QED) is 0.677. The Labute approximate surface area is 112 Å². The van der Waals surface area contributed by atoms with E-state index in [0.29, 0.717) is 0 Å². The van der Waals surface area contributed by atoms with Gasteiger partial charge in [0.1, 0.15) is 5.82 Å². The number of hydrogen-bond acceptors (Lipinski definition) is 0. The van der Waals surface area contributed by atoms with Crippen LogP contribution in [0.15, 0.2) is 48.5 Å². The van der Waals surface area contributed by atoms with E-state index < -0.39 is 0 Å². The van der Waals surface area contributed by atoms with E-state index in [-0.39, 0.29) is 11.2 Å². The zero-order chi connectivity index (χ0) is 13.0. The molecule has 1 unspecified atom stereocenters. The van der Waals surface area contributed by atoms with Gasteiger partial charge in [-0.05, 0) is 48.6 Å². The van der Waals surface area contributed by atoms with Crippen LogP contribution in [0.25, 0.3) is 0 Å². The highest BCUT2D eigenvalue weighted by molar-refractivity contribution is 6.20. The predicted molar refractivity (Wildman–Crippen MR) is 74.5 cm³/mol. The van der Waals surface area contributed by atoms with Crippen LogP contribution >= 0.6 is 11.6 Å². The number of benzene rings is 2. The summed E-state index contributed by atoms with van der Waals surface area (Å²) in [5.74, 6) is -0.179. The van der Waals surface area contributed by atoms with Gasteiger partial charge in [-0.2, -0.15) is 0 Å². The second-order valence-electron chi connectivity index (χ2n) is 4.49. The summed E-state index contributed by atoms with van der Waals surface area (Å²) in [4.78, 5) is 0. The standard InChI is InChI=1S/C16H16ClF/c1-12-11-15(18)9-7-13(12)8-10-16(17)14-5-3-2-4-6-14/h2-7,9,11,16H,8,10H2,1H3. The van der Waals surface area contributed by atoms with E-state index in [0.717, 1.165) is 29.5 Å². The Hall–Kier alpha value is -1.34. The summed E-state index contributed by atoms with van der Waals surface area (Å²) in [5, 5.41) is 0.00986. The van der Waals surface area contributed by atoms with E-state index in [2.05, 4.69) is 0 Å².